The molecule has 0 aliphatic rings. The van der Waals surface area contributed by atoms with E-state index in [2.05, 4.69) is 81.5 Å². The van der Waals surface area contributed by atoms with Crippen molar-refractivity contribution in [2.24, 2.45) is 0 Å². The van der Waals surface area contributed by atoms with Crippen molar-refractivity contribution in [3.63, 3.8) is 0 Å². The van der Waals surface area contributed by atoms with Crippen molar-refractivity contribution in [2.45, 2.75) is 348 Å². The van der Waals surface area contributed by atoms with Crippen LogP contribution in [0.3, 0.4) is 0 Å². The summed E-state index contributed by atoms with van der Waals surface area (Å²) in [5, 5.41) is 0. The van der Waals surface area contributed by atoms with Crippen molar-refractivity contribution in [3.8, 4) is 0 Å². The Morgan fingerprint density at radius 1 is 0.286 bits per heavy atom. The topological polar surface area (TPSA) is 78.9 Å². The predicted molar refractivity (Wildman–Crippen MR) is 335 cm³/mol. The molecule has 0 saturated carbocycles. The molecular formula is C71H126O6. The van der Waals surface area contributed by atoms with Crippen LogP contribution in [0.4, 0.5) is 0 Å². The van der Waals surface area contributed by atoms with Gasteiger partial charge in [-0.05, 0) is 70.6 Å². The third kappa shape index (κ3) is 63.6. The van der Waals surface area contributed by atoms with Crippen LogP contribution in [-0.4, -0.2) is 37.2 Å². The normalized spacial score (nSPS) is 12.5. The van der Waals surface area contributed by atoms with Crippen LogP contribution in [-0.2, 0) is 28.6 Å². The molecule has 0 heterocycles. The summed E-state index contributed by atoms with van der Waals surface area (Å²) in [6, 6.07) is 0. The number of unbranched alkanes of at least 4 members (excludes halogenated alkanes) is 39. The molecule has 0 rings (SSSR count). The monoisotopic (exact) mass is 1070 g/mol. The van der Waals surface area contributed by atoms with E-state index in [1.807, 2.05) is 6.08 Å². The highest BCUT2D eigenvalue weighted by Gasteiger charge is 2.19. The predicted octanol–water partition coefficient (Wildman–Crippen LogP) is 22.9. The number of hydrogen-bond acceptors (Lipinski definition) is 6. The second-order valence-electron chi connectivity index (χ2n) is 22.4. The molecule has 0 aromatic rings. The van der Waals surface area contributed by atoms with Crippen molar-refractivity contribution in [1.82, 2.24) is 0 Å². The summed E-state index contributed by atoms with van der Waals surface area (Å²) in [6.07, 6.45) is 85.3. The van der Waals surface area contributed by atoms with Gasteiger partial charge in [0.2, 0.25) is 0 Å². The van der Waals surface area contributed by atoms with Crippen LogP contribution in [0.2, 0.25) is 0 Å². The van der Waals surface area contributed by atoms with Gasteiger partial charge in [-0.3, -0.25) is 14.4 Å². The van der Waals surface area contributed by atoms with Gasteiger partial charge in [0.15, 0.2) is 6.10 Å². The molecule has 77 heavy (non-hydrogen) atoms. The zero-order chi connectivity index (χ0) is 55.7. The molecule has 0 spiro atoms. The van der Waals surface area contributed by atoms with E-state index in [4.69, 9.17) is 14.2 Å². The van der Waals surface area contributed by atoms with Crippen molar-refractivity contribution in [3.05, 3.63) is 72.9 Å². The third-order valence-corrected chi connectivity index (χ3v) is 14.7. The van der Waals surface area contributed by atoms with Crippen LogP contribution < -0.4 is 0 Å². The molecule has 0 aliphatic heterocycles. The third-order valence-electron chi connectivity index (χ3n) is 14.7. The van der Waals surface area contributed by atoms with Crippen LogP contribution in [0.1, 0.15) is 342 Å². The lowest BCUT2D eigenvalue weighted by molar-refractivity contribution is -0.166. The zero-order valence-electron chi connectivity index (χ0n) is 51.2. The molecule has 0 bridgehead atoms. The van der Waals surface area contributed by atoms with E-state index in [1.165, 1.54) is 231 Å². The largest absolute Gasteiger partial charge is 0.462 e. The summed E-state index contributed by atoms with van der Waals surface area (Å²) >= 11 is 0. The first-order chi connectivity index (χ1) is 38.0. The molecule has 0 N–H and O–H groups in total. The summed E-state index contributed by atoms with van der Waals surface area (Å²) in [4.78, 5) is 38.3. The molecule has 0 amide bonds. The number of rotatable bonds is 61. The number of esters is 3. The van der Waals surface area contributed by atoms with Gasteiger partial charge in [0.05, 0.1) is 6.42 Å². The smallest absolute Gasteiger partial charge is 0.309 e. The van der Waals surface area contributed by atoms with Crippen molar-refractivity contribution < 1.29 is 28.6 Å². The Morgan fingerprint density at radius 2 is 0.558 bits per heavy atom. The van der Waals surface area contributed by atoms with Crippen molar-refractivity contribution in [1.29, 1.82) is 0 Å². The van der Waals surface area contributed by atoms with E-state index >= 15 is 0 Å². The van der Waals surface area contributed by atoms with Crippen molar-refractivity contribution in [2.75, 3.05) is 13.2 Å². The number of carbonyl (C=O) groups is 3. The van der Waals surface area contributed by atoms with Crippen molar-refractivity contribution >= 4 is 17.9 Å². The van der Waals surface area contributed by atoms with Crippen LogP contribution in [0, 0.1) is 0 Å². The summed E-state index contributed by atoms with van der Waals surface area (Å²) in [7, 11) is 0. The average Bonchev–Trinajstić information content (AvgIpc) is 3.43. The number of hydrogen-bond donors (Lipinski definition) is 0. The first kappa shape index (κ1) is 73.8. The van der Waals surface area contributed by atoms with Gasteiger partial charge in [-0.15, -0.1) is 0 Å². The minimum atomic E-state index is -0.817. The van der Waals surface area contributed by atoms with Crippen LogP contribution >= 0.6 is 0 Å². The average molecular weight is 1080 g/mol. The van der Waals surface area contributed by atoms with Gasteiger partial charge < -0.3 is 14.2 Å². The standard InChI is InChI=1S/C71H126O6/c1-4-7-10-13-16-19-22-25-28-30-31-32-33-34-35-36-37-38-39-41-43-46-49-52-55-58-61-64-70(73)76-67-68(66-75-69(72)63-60-57-54-51-48-45-42-27-24-21-18-15-12-9-6-3)77-71(74)65-62-59-56-53-50-47-44-40-29-26-23-20-17-14-11-8-5-2/h9,12,18,21,26-27,29,42,48,51,57,60,68H,4-8,10-11,13-17,19-20,22-25,28,30-41,43-47,49-50,52-56,58-59,61-67H2,1-3H3/b12-9-,21-18-,29-26-,42-27-,51-48-,60-57-. The fraction of sp³-hybridized carbons (Fsp3) is 0.789. The molecule has 6 heteroatoms. The number of allylic oxidation sites excluding steroid dienone is 11. The van der Waals surface area contributed by atoms with E-state index in [-0.39, 0.29) is 31.6 Å². The molecule has 0 aliphatic carbocycles. The highest BCUT2D eigenvalue weighted by Crippen LogP contribution is 2.18. The van der Waals surface area contributed by atoms with Gasteiger partial charge in [-0.2, -0.15) is 0 Å². The lowest BCUT2D eigenvalue weighted by Crippen LogP contribution is -2.30. The van der Waals surface area contributed by atoms with Crippen LogP contribution in [0.15, 0.2) is 72.9 Å². The first-order valence-corrected chi connectivity index (χ1v) is 33.4. The van der Waals surface area contributed by atoms with Gasteiger partial charge >= 0.3 is 17.9 Å². The molecule has 0 radical (unpaired) electrons. The van der Waals surface area contributed by atoms with E-state index in [1.54, 1.807) is 6.08 Å². The fourth-order valence-corrected chi connectivity index (χ4v) is 9.75. The lowest BCUT2D eigenvalue weighted by atomic mass is 10.0. The highest BCUT2D eigenvalue weighted by molar-refractivity contribution is 5.72. The second-order valence-corrected chi connectivity index (χ2v) is 22.4. The summed E-state index contributed by atoms with van der Waals surface area (Å²) in [5.41, 5.74) is 0. The maximum absolute atomic E-state index is 12.9. The SMILES string of the molecule is CC/C=C\C/C=C\C/C=C\C/C=C\C/C=C\CC(=O)OCC(COC(=O)CCCCCCCCCCCCCCCCCCCCCCCCCCCCC)OC(=O)CCCCCCCCC/C=C\CCCCCCCC. The molecule has 0 aromatic heterocycles. The molecule has 0 saturated heterocycles. The van der Waals surface area contributed by atoms with E-state index in [9.17, 15) is 14.4 Å². The van der Waals surface area contributed by atoms with Gasteiger partial charge in [-0.25, -0.2) is 0 Å². The number of ether oxygens (including phenoxy) is 3. The molecule has 0 fully saturated rings. The summed E-state index contributed by atoms with van der Waals surface area (Å²) in [5.74, 6) is -1.03. The Labute approximate surface area is 478 Å². The van der Waals surface area contributed by atoms with E-state index in [0.717, 1.165) is 70.6 Å². The lowest BCUT2D eigenvalue weighted by Gasteiger charge is -2.18. The second kappa shape index (κ2) is 65.4. The maximum Gasteiger partial charge on any atom is 0.309 e. The molecule has 446 valence electrons. The van der Waals surface area contributed by atoms with E-state index < -0.39 is 12.1 Å². The zero-order valence-corrected chi connectivity index (χ0v) is 51.2. The van der Waals surface area contributed by atoms with Gasteiger partial charge in [0.25, 0.3) is 0 Å². The summed E-state index contributed by atoms with van der Waals surface area (Å²) < 4.78 is 16.8. The molecular weight excluding hydrogens is 949 g/mol. The summed E-state index contributed by atoms with van der Waals surface area (Å²) in [6.45, 7) is 6.48. The Balaban J connectivity index is 4.30. The molecule has 0 aromatic carbocycles. The van der Waals surface area contributed by atoms with Gasteiger partial charge in [0.1, 0.15) is 13.2 Å². The Bertz CT molecular complexity index is 1420. The number of carbonyl (C=O) groups excluding carboxylic acids is 3. The van der Waals surface area contributed by atoms with E-state index in [0.29, 0.717) is 12.8 Å². The van der Waals surface area contributed by atoms with Crippen LogP contribution in [0.25, 0.3) is 0 Å². The minimum Gasteiger partial charge on any atom is -0.462 e. The first-order valence-electron chi connectivity index (χ1n) is 33.4. The molecule has 1 atom stereocenters. The Kier molecular flexibility index (Phi) is 62.7. The molecule has 6 nitrogen and oxygen atoms in total. The van der Waals surface area contributed by atoms with Crippen LogP contribution in [0.5, 0.6) is 0 Å². The van der Waals surface area contributed by atoms with Gasteiger partial charge in [0, 0.05) is 12.8 Å². The quantitative estimate of drug-likeness (QED) is 0.0261. The Hall–Kier alpha value is -3.15. The maximum atomic E-state index is 12.9. The molecule has 1 unspecified atom stereocenters. The minimum absolute atomic E-state index is 0.104. The highest BCUT2D eigenvalue weighted by atomic mass is 16.6. The van der Waals surface area contributed by atoms with Gasteiger partial charge in [-0.1, -0.05) is 325 Å². The fourth-order valence-electron chi connectivity index (χ4n) is 9.75. The Morgan fingerprint density at radius 3 is 0.896 bits per heavy atom.